The lowest BCUT2D eigenvalue weighted by Gasteiger charge is -2.18. The third-order valence-corrected chi connectivity index (χ3v) is 3.90. The molecular formula is C13H16INO3. The second-order valence-corrected chi connectivity index (χ2v) is 5.61. The molecule has 4 nitrogen and oxygen atoms in total. The maximum absolute atomic E-state index is 12.1. The molecule has 0 aromatic heterocycles. The summed E-state index contributed by atoms with van der Waals surface area (Å²) in [6.07, 6.45) is 0. The maximum Gasteiger partial charge on any atom is 0.326 e. The van der Waals surface area contributed by atoms with Crippen LogP contribution in [-0.4, -0.2) is 23.0 Å². The highest BCUT2D eigenvalue weighted by atomic mass is 127. The van der Waals surface area contributed by atoms with Crippen LogP contribution in [0.1, 0.15) is 29.8 Å². The number of carbonyl (C=O) groups excluding carboxylic acids is 1. The molecule has 0 saturated carbocycles. The van der Waals surface area contributed by atoms with Gasteiger partial charge in [0.15, 0.2) is 0 Å². The molecule has 0 heterocycles. The zero-order valence-electron chi connectivity index (χ0n) is 10.5. The molecule has 98 valence electrons. The van der Waals surface area contributed by atoms with E-state index in [9.17, 15) is 9.59 Å². The van der Waals surface area contributed by atoms with Gasteiger partial charge in [-0.25, -0.2) is 4.79 Å². The molecule has 1 aromatic carbocycles. The average molecular weight is 361 g/mol. The van der Waals surface area contributed by atoms with Crippen molar-refractivity contribution >= 4 is 34.5 Å². The number of nitrogens with one attached hydrogen (secondary N) is 1. The van der Waals surface area contributed by atoms with E-state index in [1.54, 1.807) is 26.0 Å². The number of hydrogen-bond acceptors (Lipinski definition) is 2. The van der Waals surface area contributed by atoms with E-state index in [1.165, 1.54) is 0 Å². The highest BCUT2D eigenvalue weighted by Gasteiger charge is 2.24. The van der Waals surface area contributed by atoms with Crippen molar-refractivity contribution in [3.05, 3.63) is 32.9 Å². The Labute approximate surface area is 120 Å². The minimum Gasteiger partial charge on any atom is -0.480 e. The second-order valence-electron chi connectivity index (χ2n) is 4.45. The lowest BCUT2D eigenvalue weighted by molar-refractivity contribution is -0.140. The van der Waals surface area contributed by atoms with Gasteiger partial charge in [0.05, 0.1) is 0 Å². The molecule has 0 unspecified atom stereocenters. The van der Waals surface area contributed by atoms with Crippen LogP contribution in [0.3, 0.4) is 0 Å². The summed E-state index contributed by atoms with van der Waals surface area (Å²) in [5, 5.41) is 11.6. The van der Waals surface area contributed by atoms with E-state index in [1.807, 2.05) is 13.0 Å². The molecule has 5 heteroatoms. The predicted molar refractivity (Wildman–Crippen MR) is 77.6 cm³/mol. The van der Waals surface area contributed by atoms with E-state index in [0.29, 0.717) is 5.56 Å². The molecule has 0 aliphatic heterocycles. The van der Waals surface area contributed by atoms with Crippen LogP contribution < -0.4 is 5.32 Å². The Kier molecular flexibility index (Phi) is 5.13. The summed E-state index contributed by atoms with van der Waals surface area (Å²) in [4.78, 5) is 23.1. The summed E-state index contributed by atoms with van der Waals surface area (Å²) in [5.74, 6) is -1.51. The Balaban J connectivity index is 2.94. The monoisotopic (exact) mass is 361 g/mol. The zero-order chi connectivity index (χ0) is 13.9. The standard InChI is InChI=1S/C13H16INO3/c1-7(2)11(13(17)18)15-12(16)9-5-4-6-10(14)8(9)3/h4-7,11H,1-3H3,(H,15,16)(H,17,18)/t11-/m1/s1. The number of halogens is 1. The van der Waals surface area contributed by atoms with E-state index < -0.39 is 12.0 Å². The van der Waals surface area contributed by atoms with E-state index in [-0.39, 0.29) is 11.8 Å². The number of rotatable bonds is 4. The van der Waals surface area contributed by atoms with Crippen LogP contribution >= 0.6 is 22.6 Å². The number of carbonyl (C=O) groups is 2. The van der Waals surface area contributed by atoms with Gasteiger partial charge < -0.3 is 10.4 Å². The van der Waals surface area contributed by atoms with Crippen LogP contribution in [0.5, 0.6) is 0 Å². The molecule has 18 heavy (non-hydrogen) atoms. The fourth-order valence-electron chi connectivity index (χ4n) is 1.59. The fourth-order valence-corrected chi connectivity index (χ4v) is 2.08. The van der Waals surface area contributed by atoms with Gasteiger partial charge in [0.2, 0.25) is 0 Å². The first-order valence-corrected chi connectivity index (χ1v) is 6.71. The molecule has 1 rings (SSSR count). The number of carboxylic acids is 1. The largest absolute Gasteiger partial charge is 0.480 e. The van der Waals surface area contributed by atoms with Gasteiger partial charge in [-0.1, -0.05) is 19.9 Å². The molecule has 0 fully saturated rings. The number of aliphatic carboxylic acids is 1. The number of amides is 1. The van der Waals surface area contributed by atoms with Gasteiger partial charge >= 0.3 is 5.97 Å². The van der Waals surface area contributed by atoms with E-state index >= 15 is 0 Å². The minimum atomic E-state index is -1.01. The van der Waals surface area contributed by atoms with Crippen molar-refractivity contribution in [2.45, 2.75) is 26.8 Å². The molecule has 0 radical (unpaired) electrons. The molecule has 0 saturated heterocycles. The van der Waals surface area contributed by atoms with Crippen LogP contribution in [0.2, 0.25) is 0 Å². The Morgan fingerprint density at radius 2 is 1.94 bits per heavy atom. The third kappa shape index (κ3) is 3.44. The topological polar surface area (TPSA) is 66.4 Å². The van der Waals surface area contributed by atoms with Crippen molar-refractivity contribution < 1.29 is 14.7 Å². The highest BCUT2D eigenvalue weighted by Crippen LogP contribution is 2.16. The minimum absolute atomic E-state index is 0.158. The average Bonchev–Trinajstić information content (AvgIpc) is 2.28. The van der Waals surface area contributed by atoms with E-state index in [0.717, 1.165) is 9.13 Å². The summed E-state index contributed by atoms with van der Waals surface area (Å²) in [6, 6.07) is 4.53. The predicted octanol–water partition coefficient (Wildman–Crippen LogP) is 2.44. The van der Waals surface area contributed by atoms with E-state index in [2.05, 4.69) is 27.9 Å². The summed E-state index contributed by atoms with van der Waals surface area (Å²) < 4.78 is 0.983. The normalized spacial score (nSPS) is 12.3. The van der Waals surface area contributed by atoms with Crippen LogP contribution in [0.25, 0.3) is 0 Å². The Hall–Kier alpha value is -1.11. The third-order valence-electron chi connectivity index (χ3n) is 2.73. The Morgan fingerprint density at radius 1 is 1.33 bits per heavy atom. The number of benzene rings is 1. The zero-order valence-corrected chi connectivity index (χ0v) is 12.7. The fraction of sp³-hybridized carbons (Fsp3) is 0.385. The van der Waals surface area contributed by atoms with Gasteiger partial charge in [-0.2, -0.15) is 0 Å². The van der Waals surface area contributed by atoms with Gasteiger partial charge in [0, 0.05) is 9.13 Å². The van der Waals surface area contributed by atoms with Crippen molar-refractivity contribution in [3.8, 4) is 0 Å². The SMILES string of the molecule is Cc1c(I)cccc1C(=O)N[C@@H](C(=O)O)C(C)C. The molecular weight excluding hydrogens is 345 g/mol. The first-order chi connectivity index (χ1) is 8.34. The molecule has 1 aromatic rings. The van der Waals surface area contributed by atoms with Crippen molar-refractivity contribution in [1.82, 2.24) is 5.32 Å². The number of hydrogen-bond donors (Lipinski definition) is 2. The van der Waals surface area contributed by atoms with E-state index in [4.69, 9.17) is 5.11 Å². The lowest BCUT2D eigenvalue weighted by atomic mass is 10.0. The van der Waals surface area contributed by atoms with Gasteiger partial charge in [-0.15, -0.1) is 0 Å². The first kappa shape index (κ1) is 14.9. The van der Waals surface area contributed by atoms with Crippen LogP contribution in [0.4, 0.5) is 0 Å². The molecule has 1 atom stereocenters. The lowest BCUT2D eigenvalue weighted by Crippen LogP contribution is -2.44. The molecule has 0 spiro atoms. The Morgan fingerprint density at radius 3 is 2.44 bits per heavy atom. The molecule has 0 bridgehead atoms. The van der Waals surface area contributed by atoms with Crippen molar-refractivity contribution in [2.24, 2.45) is 5.92 Å². The Bertz CT molecular complexity index is 471. The van der Waals surface area contributed by atoms with Crippen molar-refractivity contribution in [2.75, 3.05) is 0 Å². The molecule has 1 amide bonds. The van der Waals surface area contributed by atoms with Crippen LogP contribution in [0, 0.1) is 16.4 Å². The molecule has 0 aliphatic rings. The molecule has 2 N–H and O–H groups in total. The van der Waals surface area contributed by atoms with Gasteiger partial charge in [-0.05, 0) is 53.1 Å². The second kappa shape index (κ2) is 6.17. The maximum atomic E-state index is 12.1. The summed E-state index contributed by atoms with van der Waals surface area (Å²) in [7, 11) is 0. The van der Waals surface area contributed by atoms with Gasteiger partial charge in [-0.3, -0.25) is 4.79 Å². The van der Waals surface area contributed by atoms with Crippen LogP contribution in [0.15, 0.2) is 18.2 Å². The number of carboxylic acid groups (broad SMARTS) is 1. The summed E-state index contributed by atoms with van der Waals surface area (Å²) in [6.45, 7) is 5.38. The molecule has 0 aliphatic carbocycles. The van der Waals surface area contributed by atoms with Crippen molar-refractivity contribution in [1.29, 1.82) is 0 Å². The smallest absolute Gasteiger partial charge is 0.326 e. The van der Waals surface area contributed by atoms with Crippen LogP contribution in [-0.2, 0) is 4.79 Å². The highest BCUT2D eigenvalue weighted by molar-refractivity contribution is 14.1. The van der Waals surface area contributed by atoms with Gasteiger partial charge in [0.1, 0.15) is 6.04 Å². The van der Waals surface area contributed by atoms with Crippen molar-refractivity contribution in [3.63, 3.8) is 0 Å². The summed E-state index contributed by atoms with van der Waals surface area (Å²) >= 11 is 2.15. The quantitative estimate of drug-likeness (QED) is 0.810. The van der Waals surface area contributed by atoms with Gasteiger partial charge in [0.25, 0.3) is 5.91 Å². The first-order valence-electron chi connectivity index (χ1n) is 5.63. The summed E-state index contributed by atoms with van der Waals surface area (Å²) in [5.41, 5.74) is 1.39.